The monoisotopic (exact) mass is 310 g/mol. The highest BCUT2D eigenvalue weighted by Gasteiger charge is 2.21. The van der Waals surface area contributed by atoms with Gasteiger partial charge in [-0.05, 0) is 33.0 Å². The van der Waals surface area contributed by atoms with Gasteiger partial charge in [-0.3, -0.25) is 0 Å². The SMILES string of the molecule is CCOC(C)(C)Cn1c(=S)[nH]c2cc(OC)c(OC)cc21. The molecule has 1 aromatic carbocycles. The Hall–Kier alpha value is -1.53. The number of methoxy groups -OCH3 is 2. The van der Waals surface area contributed by atoms with Crippen molar-refractivity contribution in [1.82, 2.24) is 9.55 Å². The van der Waals surface area contributed by atoms with E-state index in [4.69, 9.17) is 26.4 Å². The Labute approximate surface area is 129 Å². The van der Waals surface area contributed by atoms with E-state index in [0.717, 1.165) is 11.0 Å². The normalized spacial score (nSPS) is 11.9. The first-order valence-corrected chi connectivity index (χ1v) is 7.31. The predicted octanol–water partition coefficient (Wildman–Crippen LogP) is 3.53. The van der Waals surface area contributed by atoms with Crippen LogP contribution in [-0.2, 0) is 11.3 Å². The molecule has 0 spiro atoms. The zero-order valence-corrected chi connectivity index (χ0v) is 14.0. The molecule has 0 aliphatic rings. The number of hydrogen-bond acceptors (Lipinski definition) is 4. The van der Waals surface area contributed by atoms with E-state index in [1.165, 1.54) is 0 Å². The van der Waals surface area contributed by atoms with Crippen molar-refractivity contribution in [3.63, 3.8) is 0 Å². The molecule has 0 amide bonds. The van der Waals surface area contributed by atoms with E-state index >= 15 is 0 Å². The van der Waals surface area contributed by atoms with Crippen LogP contribution in [0.25, 0.3) is 11.0 Å². The van der Waals surface area contributed by atoms with E-state index in [0.29, 0.717) is 29.4 Å². The van der Waals surface area contributed by atoms with Gasteiger partial charge in [0.05, 0.1) is 37.4 Å². The van der Waals surface area contributed by atoms with Crippen LogP contribution < -0.4 is 9.47 Å². The Morgan fingerprint density at radius 3 is 2.38 bits per heavy atom. The predicted molar refractivity (Wildman–Crippen MR) is 85.9 cm³/mol. The van der Waals surface area contributed by atoms with Crippen molar-refractivity contribution in [2.75, 3.05) is 20.8 Å². The molecule has 21 heavy (non-hydrogen) atoms. The third kappa shape index (κ3) is 3.22. The van der Waals surface area contributed by atoms with Crippen LogP contribution in [0.2, 0.25) is 0 Å². The van der Waals surface area contributed by atoms with Gasteiger partial charge in [-0.15, -0.1) is 0 Å². The van der Waals surface area contributed by atoms with Crippen molar-refractivity contribution in [3.8, 4) is 11.5 Å². The minimum atomic E-state index is -0.296. The van der Waals surface area contributed by atoms with Gasteiger partial charge >= 0.3 is 0 Å². The van der Waals surface area contributed by atoms with Gasteiger partial charge in [-0.2, -0.15) is 0 Å². The van der Waals surface area contributed by atoms with Gasteiger partial charge in [0.15, 0.2) is 16.3 Å². The lowest BCUT2D eigenvalue weighted by Crippen LogP contribution is -2.30. The van der Waals surface area contributed by atoms with Crippen molar-refractivity contribution in [2.45, 2.75) is 32.9 Å². The lowest BCUT2D eigenvalue weighted by molar-refractivity contribution is -0.0219. The van der Waals surface area contributed by atoms with Gasteiger partial charge in [0.2, 0.25) is 0 Å². The second kappa shape index (κ2) is 6.07. The average Bonchev–Trinajstić information content (AvgIpc) is 2.72. The van der Waals surface area contributed by atoms with Gasteiger partial charge < -0.3 is 23.8 Å². The number of hydrogen-bond donors (Lipinski definition) is 1. The number of H-pyrrole nitrogens is 1. The number of imidazole rings is 1. The smallest absolute Gasteiger partial charge is 0.178 e. The molecule has 0 saturated heterocycles. The fraction of sp³-hybridized carbons (Fsp3) is 0.533. The Bertz CT molecular complexity index is 688. The second-order valence-electron chi connectivity index (χ2n) is 5.43. The number of rotatable bonds is 6. The van der Waals surface area contributed by atoms with Crippen LogP contribution in [0, 0.1) is 4.77 Å². The Morgan fingerprint density at radius 1 is 1.19 bits per heavy atom. The fourth-order valence-electron chi connectivity index (χ4n) is 2.46. The van der Waals surface area contributed by atoms with Crippen LogP contribution in [0.1, 0.15) is 20.8 Å². The van der Waals surface area contributed by atoms with Crippen molar-refractivity contribution >= 4 is 23.3 Å². The molecule has 1 heterocycles. The van der Waals surface area contributed by atoms with Crippen LogP contribution in [0.5, 0.6) is 11.5 Å². The average molecular weight is 310 g/mol. The number of aromatic nitrogens is 2. The highest BCUT2D eigenvalue weighted by molar-refractivity contribution is 7.71. The number of fused-ring (bicyclic) bond motifs is 1. The molecule has 5 nitrogen and oxygen atoms in total. The summed E-state index contributed by atoms with van der Waals surface area (Å²) in [7, 11) is 3.24. The van der Waals surface area contributed by atoms with Crippen LogP contribution in [-0.4, -0.2) is 36.0 Å². The van der Waals surface area contributed by atoms with E-state index in [2.05, 4.69) is 18.8 Å². The summed E-state index contributed by atoms with van der Waals surface area (Å²) in [6, 6.07) is 3.83. The van der Waals surface area contributed by atoms with Crippen molar-refractivity contribution in [1.29, 1.82) is 0 Å². The van der Waals surface area contributed by atoms with E-state index in [9.17, 15) is 0 Å². The van der Waals surface area contributed by atoms with Crippen LogP contribution >= 0.6 is 12.2 Å². The molecule has 0 aliphatic heterocycles. The molecule has 0 bridgehead atoms. The van der Waals surface area contributed by atoms with Gasteiger partial charge in [-0.1, -0.05) is 0 Å². The zero-order valence-electron chi connectivity index (χ0n) is 13.1. The molecule has 0 aliphatic carbocycles. The first-order valence-electron chi connectivity index (χ1n) is 6.90. The molecule has 0 radical (unpaired) electrons. The van der Waals surface area contributed by atoms with Crippen LogP contribution in [0.4, 0.5) is 0 Å². The van der Waals surface area contributed by atoms with Gasteiger partial charge in [0.25, 0.3) is 0 Å². The van der Waals surface area contributed by atoms with E-state index in [1.807, 2.05) is 23.6 Å². The summed E-state index contributed by atoms with van der Waals surface area (Å²) in [4.78, 5) is 3.20. The van der Waals surface area contributed by atoms with E-state index in [-0.39, 0.29) is 5.60 Å². The minimum Gasteiger partial charge on any atom is -0.493 e. The van der Waals surface area contributed by atoms with E-state index in [1.54, 1.807) is 14.2 Å². The molecule has 0 fully saturated rings. The Morgan fingerprint density at radius 2 is 1.81 bits per heavy atom. The topological polar surface area (TPSA) is 48.4 Å². The van der Waals surface area contributed by atoms with Gasteiger partial charge in [0.1, 0.15) is 0 Å². The summed E-state index contributed by atoms with van der Waals surface area (Å²) in [5.41, 5.74) is 1.60. The van der Waals surface area contributed by atoms with E-state index < -0.39 is 0 Å². The first kappa shape index (κ1) is 15.9. The standard InChI is InChI=1S/C15H22N2O3S/c1-6-20-15(2,3)9-17-11-8-13(19-5)12(18-4)7-10(11)16-14(17)21/h7-8H,6,9H2,1-5H3,(H,16,21). The number of nitrogens with zero attached hydrogens (tertiary/aromatic N) is 1. The van der Waals surface area contributed by atoms with Crippen molar-refractivity contribution in [3.05, 3.63) is 16.9 Å². The molecule has 0 unspecified atom stereocenters. The summed E-state index contributed by atoms with van der Waals surface area (Å²) in [6.45, 7) is 7.43. The molecule has 0 atom stereocenters. The highest BCUT2D eigenvalue weighted by atomic mass is 32.1. The quantitative estimate of drug-likeness (QED) is 0.829. The van der Waals surface area contributed by atoms with Crippen LogP contribution in [0.3, 0.4) is 0 Å². The summed E-state index contributed by atoms with van der Waals surface area (Å²) in [5.74, 6) is 1.36. The lowest BCUT2D eigenvalue weighted by Gasteiger charge is -2.25. The first-order chi connectivity index (χ1) is 9.91. The number of nitrogens with one attached hydrogen (secondary N) is 1. The molecule has 1 aromatic heterocycles. The zero-order chi connectivity index (χ0) is 15.6. The molecule has 2 aromatic rings. The Balaban J connectivity index is 2.54. The Kier molecular flexibility index (Phi) is 4.58. The molecule has 2 rings (SSSR count). The summed E-state index contributed by atoms with van der Waals surface area (Å²) in [5, 5.41) is 0. The van der Waals surface area contributed by atoms with Gasteiger partial charge in [0, 0.05) is 18.7 Å². The number of ether oxygens (including phenoxy) is 3. The maximum Gasteiger partial charge on any atom is 0.178 e. The third-order valence-electron chi connectivity index (χ3n) is 3.35. The molecule has 1 N–H and O–H groups in total. The fourth-order valence-corrected chi connectivity index (χ4v) is 2.73. The number of benzene rings is 1. The molecule has 6 heteroatoms. The van der Waals surface area contributed by atoms with Gasteiger partial charge in [-0.25, -0.2) is 0 Å². The third-order valence-corrected chi connectivity index (χ3v) is 3.68. The molecular weight excluding hydrogens is 288 g/mol. The minimum absolute atomic E-state index is 0.296. The lowest BCUT2D eigenvalue weighted by atomic mass is 10.1. The maximum absolute atomic E-state index is 5.77. The van der Waals surface area contributed by atoms with Crippen molar-refractivity contribution < 1.29 is 14.2 Å². The van der Waals surface area contributed by atoms with Crippen LogP contribution in [0.15, 0.2) is 12.1 Å². The molecule has 0 saturated carbocycles. The second-order valence-corrected chi connectivity index (χ2v) is 5.82. The summed E-state index contributed by atoms with van der Waals surface area (Å²) >= 11 is 5.43. The molecular formula is C15H22N2O3S. The number of aromatic amines is 1. The molecule has 116 valence electrons. The summed E-state index contributed by atoms with van der Waals surface area (Å²) in [6.07, 6.45) is 0. The maximum atomic E-state index is 5.77. The van der Waals surface area contributed by atoms with Crippen molar-refractivity contribution in [2.24, 2.45) is 0 Å². The largest absolute Gasteiger partial charge is 0.493 e. The summed E-state index contributed by atoms with van der Waals surface area (Å²) < 4.78 is 19.2. The highest BCUT2D eigenvalue weighted by Crippen LogP contribution is 2.32.